The molecule has 1 fully saturated rings. The normalized spacial score (nSPS) is 23.8. The fourth-order valence-corrected chi connectivity index (χ4v) is 2.14. The molecule has 0 unspecified atom stereocenters. The average molecular weight is 238 g/mol. The molecule has 0 aromatic carbocycles. The Balaban J connectivity index is 2.00. The van der Waals surface area contributed by atoms with Crippen molar-refractivity contribution in [1.29, 1.82) is 0 Å². The number of hydrogen-bond donors (Lipinski definition) is 2. The fraction of sp³-hybridized carbons (Fsp3) is 0.636. The predicted octanol–water partition coefficient (Wildman–Crippen LogP) is 0.649. The molecule has 1 aliphatic heterocycles. The maximum absolute atomic E-state index is 10.7. The Labute approximate surface area is 100 Å². The van der Waals surface area contributed by atoms with Crippen LogP contribution >= 0.6 is 0 Å². The summed E-state index contributed by atoms with van der Waals surface area (Å²) in [6.45, 7) is 4.15. The monoisotopic (exact) mass is 238 g/mol. The van der Waals surface area contributed by atoms with Crippen molar-refractivity contribution in [3.63, 3.8) is 0 Å². The van der Waals surface area contributed by atoms with E-state index in [-0.39, 0.29) is 12.0 Å². The molecule has 1 aliphatic rings. The number of nitrogens with one attached hydrogen (secondary N) is 1. The van der Waals surface area contributed by atoms with Gasteiger partial charge >= 0.3 is 6.03 Å². The number of ether oxygens (including phenoxy) is 1. The van der Waals surface area contributed by atoms with E-state index in [4.69, 9.17) is 10.5 Å². The molecule has 0 spiro atoms. The number of urea groups is 1. The maximum atomic E-state index is 10.7. The molecular weight excluding hydrogens is 220 g/mol. The summed E-state index contributed by atoms with van der Waals surface area (Å²) >= 11 is 0. The first-order valence-corrected chi connectivity index (χ1v) is 5.88. The van der Waals surface area contributed by atoms with Crippen LogP contribution in [0.1, 0.15) is 25.0 Å². The topological polar surface area (TPSA) is 82.2 Å². The number of aromatic nitrogens is 2. The molecular formula is C11H18N4O2. The molecule has 0 radical (unpaired) electrons. The second kappa shape index (κ2) is 5.18. The summed E-state index contributed by atoms with van der Waals surface area (Å²) in [4.78, 5) is 10.7. The lowest BCUT2D eigenvalue weighted by molar-refractivity contribution is 0.0910. The van der Waals surface area contributed by atoms with Crippen LogP contribution in [0.2, 0.25) is 0 Å². The third-order valence-corrected chi connectivity index (χ3v) is 3.06. The summed E-state index contributed by atoms with van der Waals surface area (Å²) in [5.41, 5.74) is 6.14. The van der Waals surface area contributed by atoms with Crippen molar-refractivity contribution in [2.45, 2.75) is 26.0 Å². The van der Waals surface area contributed by atoms with E-state index in [9.17, 15) is 4.79 Å². The standard InChI is InChI=1S/C11H18N4O2/c1-2-15-7-9(6-14-15)10-8(3-4-17-10)5-13-11(12)16/h6-8,10H,2-5H2,1H3,(H3,12,13,16)/t8-,10+/m0/s1. The van der Waals surface area contributed by atoms with Crippen LogP contribution in [0.3, 0.4) is 0 Å². The molecule has 1 aromatic rings. The number of carbonyl (C=O) groups is 1. The summed E-state index contributed by atoms with van der Waals surface area (Å²) in [5.74, 6) is 0.275. The second-order valence-corrected chi connectivity index (χ2v) is 4.21. The van der Waals surface area contributed by atoms with E-state index in [2.05, 4.69) is 10.4 Å². The Hall–Kier alpha value is -1.56. The van der Waals surface area contributed by atoms with Gasteiger partial charge in [-0.1, -0.05) is 0 Å². The smallest absolute Gasteiger partial charge is 0.312 e. The second-order valence-electron chi connectivity index (χ2n) is 4.21. The van der Waals surface area contributed by atoms with Gasteiger partial charge in [-0.15, -0.1) is 0 Å². The summed E-state index contributed by atoms with van der Waals surface area (Å²) in [7, 11) is 0. The number of rotatable bonds is 4. The van der Waals surface area contributed by atoms with E-state index in [1.54, 1.807) is 0 Å². The van der Waals surface area contributed by atoms with Gasteiger partial charge in [-0.25, -0.2) is 4.79 Å². The van der Waals surface area contributed by atoms with Gasteiger partial charge in [-0.3, -0.25) is 4.68 Å². The van der Waals surface area contributed by atoms with E-state index < -0.39 is 6.03 Å². The Morgan fingerprint density at radius 2 is 2.59 bits per heavy atom. The lowest BCUT2D eigenvalue weighted by Gasteiger charge is -2.16. The van der Waals surface area contributed by atoms with Gasteiger partial charge in [0.1, 0.15) is 0 Å². The Morgan fingerprint density at radius 1 is 1.76 bits per heavy atom. The summed E-state index contributed by atoms with van der Waals surface area (Å²) in [6, 6.07) is -0.486. The van der Waals surface area contributed by atoms with Crippen LogP contribution in [-0.2, 0) is 11.3 Å². The highest BCUT2D eigenvalue weighted by Crippen LogP contribution is 2.33. The minimum atomic E-state index is -0.486. The zero-order chi connectivity index (χ0) is 12.3. The molecule has 1 aromatic heterocycles. The lowest BCUT2D eigenvalue weighted by atomic mass is 9.97. The fourth-order valence-electron chi connectivity index (χ4n) is 2.14. The quantitative estimate of drug-likeness (QED) is 0.808. The molecule has 2 heterocycles. The zero-order valence-electron chi connectivity index (χ0n) is 9.93. The third kappa shape index (κ3) is 2.76. The number of amides is 2. The maximum Gasteiger partial charge on any atom is 0.312 e. The van der Waals surface area contributed by atoms with Crippen molar-refractivity contribution in [3.05, 3.63) is 18.0 Å². The molecule has 1 saturated heterocycles. The first-order chi connectivity index (χ1) is 8.20. The molecule has 3 N–H and O–H groups in total. The van der Waals surface area contributed by atoms with E-state index in [0.717, 1.165) is 18.5 Å². The number of primary amides is 1. The molecule has 94 valence electrons. The Bertz CT molecular complexity index is 391. The molecule has 0 bridgehead atoms. The van der Waals surface area contributed by atoms with Gasteiger partial charge in [-0.05, 0) is 13.3 Å². The highest BCUT2D eigenvalue weighted by Gasteiger charge is 2.30. The number of nitrogens with zero attached hydrogens (tertiary/aromatic N) is 2. The van der Waals surface area contributed by atoms with Gasteiger partial charge in [0.15, 0.2) is 0 Å². The lowest BCUT2D eigenvalue weighted by Crippen LogP contribution is -2.34. The molecule has 17 heavy (non-hydrogen) atoms. The molecule has 2 rings (SSSR count). The predicted molar refractivity (Wildman–Crippen MR) is 62.3 cm³/mol. The highest BCUT2D eigenvalue weighted by molar-refractivity contribution is 5.71. The van der Waals surface area contributed by atoms with Crippen LogP contribution < -0.4 is 11.1 Å². The summed E-state index contributed by atoms with van der Waals surface area (Å²) < 4.78 is 7.57. The van der Waals surface area contributed by atoms with E-state index >= 15 is 0 Å². The van der Waals surface area contributed by atoms with Gasteiger partial charge in [0.2, 0.25) is 0 Å². The van der Waals surface area contributed by atoms with Gasteiger partial charge in [-0.2, -0.15) is 5.10 Å². The number of hydrogen-bond acceptors (Lipinski definition) is 3. The van der Waals surface area contributed by atoms with Crippen LogP contribution in [0.15, 0.2) is 12.4 Å². The number of aryl methyl sites for hydroxylation is 1. The average Bonchev–Trinajstić information content (AvgIpc) is 2.94. The molecule has 0 saturated carbocycles. The van der Waals surface area contributed by atoms with Crippen molar-refractivity contribution < 1.29 is 9.53 Å². The van der Waals surface area contributed by atoms with Crippen molar-refractivity contribution in [3.8, 4) is 0 Å². The minimum absolute atomic E-state index is 0.0159. The molecule has 0 aliphatic carbocycles. The van der Waals surface area contributed by atoms with E-state index in [0.29, 0.717) is 13.2 Å². The van der Waals surface area contributed by atoms with Gasteiger partial charge in [0, 0.05) is 37.4 Å². The van der Waals surface area contributed by atoms with Crippen molar-refractivity contribution in [2.75, 3.05) is 13.2 Å². The molecule has 2 atom stereocenters. The Morgan fingerprint density at radius 3 is 3.24 bits per heavy atom. The van der Waals surface area contributed by atoms with Gasteiger partial charge < -0.3 is 15.8 Å². The minimum Gasteiger partial charge on any atom is -0.373 e. The van der Waals surface area contributed by atoms with Crippen LogP contribution in [0.25, 0.3) is 0 Å². The number of carbonyl (C=O) groups excluding carboxylic acids is 1. The van der Waals surface area contributed by atoms with E-state index in [1.807, 2.05) is 24.0 Å². The summed E-state index contributed by atoms with van der Waals surface area (Å²) in [6.07, 6.45) is 4.77. The van der Waals surface area contributed by atoms with Gasteiger partial charge in [0.25, 0.3) is 0 Å². The first kappa shape index (κ1) is 11.9. The molecule has 2 amide bonds. The Kier molecular flexibility index (Phi) is 3.63. The summed E-state index contributed by atoms with van der Waals surface area (Å²) in [5, 5.41) is 6.87. The van der Waals surface area contributed by atoms with Crippen molar-refractivity contribution in [1.82, 2.24) is 15.1 Å². The van der Waals surface area contributed by atoms with E-state index in [1.165, 1.54) is 0 Å². The van der Waals surface area contributed by atoms with Crippen LogP contribution in [-0.4, -0.2) is 29.0 Å². The highest BCUT2D eigenvalue weighted by atomic mass is 16.5. The van der Waals surface area contributed by atoms with Gasteiger partial charge in [0.05, 0.1) is 12.3 Å². The third-order valence-electron chi connectivity index (χ3n) is 3.06. The first-order valence-electron chi connectivity index (χ1n) is 5.88. The zero-order valence-corrected chi connectivity index (χ0v) is 9.93. The van der Waals surface area contributed by atoms with Crippen LogP contribution in [0, 0.1) is 5.92 Å². The van der Waals surface area contributed by atoms with Crippen LogP contribution in [0.5, 0.6) is 0 Å². The molecule has 6 heteroatoms. The SMILES string of the molecule is CCn1cc([C@@H]2OCC[C@H]2CNC(N)=O)cn1. The largest absolute Gasteiger partial charge is 0.373 e. The number of nitrogens with two attached hydrogens (primary N) is 1. The van der Waals surface area contributed by atoms with Crippen LogP contribution in [0.4, 0.5) is 4.79 Å². The van der Waals surface area contributed by atoms with Crippen molar-refractivity contribution in [2.24, 2.45) is 11.7 Å². The van der Waals surface area contributed by atoms with Crippen molar-refractivity contribution >= 4 is 6.03 Å². The molecule has 6 nitrogen and oxygen atoms in total.